The summed E-state index contributed by atoms with van der Waals surface area (Å²) in [6, 6.07) is 55.5. The van der Waals surface area contributed by atoms with E-state index in [2.05, 4.69) is 230 Å². The van der Waals surface area contributed by atoms with E-state index in [0.717, 1.165) is 28.4 Å². The normalized spacial score (nSPS) is 13.2. The fourth-order valence-electron chi connectivity index (χ4n) is 9.08. The number of anilines is 9. The quantitative estimate of drug-likeness (QED) is 0.162. The molecule has 58 heavy (non-hydrogen) atoms. The van der Waals surface area contributed by atoms with Crippen LogP contribution in [0.25, 0.3) is 0 Å². The molecular weight excluding hydrogens is 701 g/mol. The Morgan fingerprint density at radius 3 is 1.17 bits per heavy atom. The van der Waals surface area contributed by atoms with Crippen molar-refractivity contribution >= 4 is 74.3 Å². The van der Waals surface area contributed by atoms with Gasteiger partial charge in [0.1, 0.15) is 0 Å². The minimum atomic E-state index is 0.0440. The summed E-state index contributed by atoms with van der Waals surface area (Å²) in [5.41, 5.74) is 22.2. The van der Waals surface area contributed by atoms with Gasteiger partial charge in [0.15, 0.2) is 0 Å². The molecule has 7 aromatic rings. The first kappa shape index (κ1) is 37.6. The van der Waals surface area contributed by atoms with Crippen LogP contribution in [0.3, 0.4) is 0 Å². The molecule has 0 atom stereocenters. The lowest BCUT2D eigenvalue weighted by atomic mass is 9.33. The van der Waals surface area contributed by atoms with Crippen LogP contribution in [0.4, 0.5) is 51.2 Å². The number of rotatable bonds is 5. The highest BCUT2D eigenvalue weighted by molar-refractivity contribution is 7.00. The molecule has 3 nitrogen and oxygen atoms in total. The number of aryl methyl sites for hydroxylation is 4. The van der Waals surface area contributed by atoms with Crippen LogP contribution in [0.2, 0.25) is 0 Å². The van der Waals surface area contributed by atoms with Gasteiger partial charge in [0.25, 0.3) is 6.71 Å². The summed E-state index contributed by atoms with van der Waals surface area (Å²) >= 11 is 0. The average molecular weight is 756 g/mol. The molecule has 7 aromatic carbocycles. The Bertz CT molecular complexity index is 2510. The molecule has 0 unspecified atom stereocenters. The highest BCUT2D eigenvalue weighted by Gasteiger charge is 2.44. The maximum atomic E-state index is 2.53. The van der Waals surface area contributed by atoms with E-state index < -0.39 is 0 Å². The summed E-state index contributed by atoms with van der Waals surface area (Å²) in [6.45, 7) is 22.6. The zero-order chi connectivity index (χ0) is 40.7. The lowest BCUT2D eigenvalue weighted by molar-refractivity contribution is 0.590. The van der Waals surface area contributed by atoms with Gasteiger partial charge in [0, 0.05) is 45.5 Å². The van der Waals surface area contributed by atoms with Crippen molar-refractivity contribution in [3.63, 3.8) is 0 Å². The SMILES string of the molecule is Cc1cccc(N2c3cc(C)ccc3B3c4ccc(C)cc4N(c4cccc(C)c4)c4cc(N(c5ccc(C(C)(C)C)cc5)c5ccc(C(C)(C)C)cc5)cc2c43)c1. The second kappa shape index (κ2) is 13.8. The van der Waals surface area contributed by atoms with Gasteiger partial charge in [-0.25, -0.2) is 0 Å². The molecule has 0 amide bonds. The lowest BCUT2D eigenvalue weighted by Gasteiger charge is -2.45. The molecule has 0 aliphatic carbocycles. The zero-order valence-electron chi connectivity index (χ0n) is 35.8. The fraction of sp³-hybridized carbons (Fsp3) is 0.222. The molecule has 0 N–H and O–H groups in total. The molecule has 288 valence electrons. The van der Waals surface area contributed by atoms with Crippen molar-refractivity contribution in [3.05, 3.63) is 179 Å². The Morgan fingerprint density at radius 2 is 0.793 bits per heavy atom. The van der Waals surface area contributed by atoms with E-state index in [1.807, 2.05) is 0 Å². The minimum Gasteiger partial charge on any atom is -0.311 e. The van der Waals surface area contributed by atoms with Gasteiger partial charge in [-0.15, -0.1) is 0 Å². The number of hydrogen-bond donors (Lipinski definition) is 0. The number of fused-ring (bicyclic) bond motifs is 4. The molecule has 0 aromatic heterocycles. The second-order valence-corrected chi connectivity index (χ2v) is 18.7. The fourth-order valence-corrected chi connectivity index (χ4v) is 9.08. The minimum absolute atomic E-state index is 0.0440. The predicted molar refractivity (Wildman–Crippen MR) is 251 cm³/mol. The molecule has 0 saturated heterocycles. The van der Waals surface area contributed by atoms with Crippen LogP contribution in [0.5, 0.6) is 0 Å². The van der Waals surface area contributed by atoms with Crippen molar-refractivity contribution in [3.8, 4) is 0 Å². The third kappa shape index (κ3) is 6.49. The van der Waals surface area contributed by atoms with E-state index >= 15 is 0 Å². The third-order valence-corrected chi connectivity index (χ3v) is 12.1. The van der Waals surface area contributed by atoms with Crippen molar-refractivity contribution in [1.82, 2.24) is 0 Å². The topological polar surface area (TPSA) is 9.72 Å². The second-order valence-electron chi connectivity index (χ2n) is 18.7. The first-order valence-electron chi connectivity index (χ1n) is 20.8. The van der Waals surface area contributed by atoms with Gasteiger partial charge in [0.2, 0.25) is 0 Å². The van der Waals surface area contributed by atoms with Crippen LogP contribution in [-0.4, -0.2) is 6.71 Å². The highest BCUT2D eigenvalue weighted by atomic mass is 15.2. The molecule has 0 saturated carbocycles. The Hall–Kier alpha value is -6.00. The standard InChI is InChI=1S/C54H54BN3/c1-35-13-11-15-43(29-35)57-48-31-37(3)17-27-46(48)55-47-28-18-38(4)32-49(47)58(44-16-12-14-36(2)30-44)51-34-45(33-50(57)52(51)55)56(41-23-19-39(20-24-41)53(5,6)7)42-25-21-40(22-26-42)54(8,9)10/h11-34H,1-10H3. The van der Waals surface area contributed by atoms with Crippen LogP contribution >= 0.6 is 0 Å². The lowest BCUT2D eigenvalue weighted by Crippen LogP contribution is -2.61. The first-order valence-corrected chi connectivity index (χ1v) is 20.8. The van der Waals surface area contributed by atoms with Gasteiger partial charge in [-0.05, 0) is 161 Å². The molecule has 9 rings (SSSR count). The smallest absolute Gasteiger partial charge is 0.252 e. The van der Waals surface area contributed by atoms with Gasteiger partial charge in [-0.1, -0.05) is 114 Å². The maximum absolute atomic E-state index is 2.53. The summed E-state index contributed by atoms with van der Waals surface area (Å²) in [5.74, 6) is 0. The number of hydrogen-bond acceptors (Lipinski definition) is 3. The zero-order valence-corrected chi connectivity index (χ0v) is 35.8. The molecule has 2 aliphatic heterocycles. The van der Waals surface area contributed by atoms with Gasteiger partial charge >= 0.3 is 0 Å². The van der Waals surface area contributed by atoms with Crippen molar-refractivity contribution in [1.29, 1.82) is 0 Å². The van der Waals surface area contributed by atoms with Crippen LogP contribution in [0.15, 0.2) is 146 Å². The molecule has 2 aliphatic rings. The first-order chi connectivity index (χ1) is 27.7. The predicted octanol–water partition coefficient (Wildman–Crippen LogP) is 13.1. The summed E-state index contributed by atoms with van der Waals surface area (Å²) < 4.78 is 0. The van der Waals surface area contributed by atoms with Crippen molar-refractivity contribution < 1.29 is 0 Å². The molecule has 0 radical (unpaired) electrons. The molecule has 0 bridgehead atoms. The maximum Gasteiger partial charge on any atom is 0.252 e. The Kier molecular flexibility index (Phi) is 8.96. The Balaban J connectivity index is 1.40. The summed E-state index contributed by atoms with van der Waals surface area (Å²) in [7, 11) is 0. The van der Waals surface area contributed by atoms with Gasteiger partial charge in [0.05, 0.1) is 5.69 Å². The van der Waals surface area contributed by atoms with E-state index in [0.29, 0.717) is 0 Å². The summed E-state index contributed by atoms with van der Waals surface area (Å²) in [6.07, 6.45) is 0. The highest BCUT2D eigenvalue weighted by Crippen LogP contribution is 2.48. The van der Waals surface area contributed by atoms with Crippen LogP contribution in [-0.2, 0) is 10.8 Å². The largest absolute Gasteiger partial charge is 0.311 e. The van der Waals surface area contributed by atoms with E-state index in [1.165, 1.54) is 72.5 Å². The van der Waals surface area contributed by atoms with E-state index in [1.54, 1.807) is 0 Å². The summed E-state index contributed by atoms with van der Waals surface area (Å²) in [5, 5.41) is 0. The Labute approximate surface area is 346 Å². The summed E-state index contributed by atoms with van der Waals surface area (Å²) in [4.78, 5) is 7.53. The molecule has 0 spiro atoms. The van der Waals surface area contributed by atoms with E-state index in [4.69, 9.17) is 0 Å². The Morgan fingerprint density at radius 1 is 0.397 bits per heavy atom. The van der Waals surface area contributed by atoms with Crippen LogP contribution < -0.4 is 31.1 Å². The van der Waals surface area contributed by atoms with Gasteiger partial charge in [-0.2, -0.15) is 0 Å². The monoisotopic (exact) mass is 755 g/mol. The van der Waals surface area contributed by atoms with Crippen molar-refractivity contribution in [2.24, 2.45) is 0 Å². The molecule has 0 fully saturated rings. The van der Waals surface area contributed by atoms with Gasteiger partial charge < -0.3 is 14.7 Å². The van der Waals surface area contributed by atoms with Crippen molar-refractivity contribution in [2.75, 3.05) is 14.7 Å². The van der Waals surface area contributed by atoms with E-state index in [-0.39, 0.29) is 17.5 Å². The number of nitrogens with zero attached hydrogens (tertiary/aromatic N) is 3. The van der Waals surface area contributed by atoms with Crippen LogP contribution in [0, 0.1) is 27.7 Å². The van der Waals surface area contributed by atoms with Crippen molar-refractivity contribution in [2.45, 2.75) is 80.1 Å². The number of benzene rings is 7. The average Bonchev–Trinajstić information content (AvgIpc) is 3.17. The van der Waals surface area contributed by atoms with E-state index in [9.17, 15) is 0 Å². The molecule has 2 heterocycles. The third-order valence-electron chi connectivity index (χ3n) is 12.1. The van der Waals surface area contributed by atoms with Crippen LogP contribution in [0.1, 0.15) is 74.9 Å². The molecular formula is C54H54BN3. The molecule has 4 heteroatoms. The van der Waals surface area contributed by atoms with Gasteiger partial charge in [-0.3, -0.25) is 0 Å².